The minimum atomic E-state index is -2.61. The van der Waals surface area contributed by atoms with Gasteiger partial charge >= 0.3 is 7.12 Å². The van der Waals surface area contributed by atoms with Gasteiger partial charge in [0, 0.05) is 34.7 Å². The SMILES string of the molecule is CC1(C)OB(c2cn(-c3ccc(F)cc3)c3cc(C(=O)NC4CCS(O)(O)C4)ccc23)OC1(C)C. The number of amides is 1. The maximum Gasteiger partial charge on any atom is 0.497 e. The number of fused-ring (bicyclic) bond motifs is 1. The molecule has 186 valence electrons. The van der Waals surface area contributed by atoms with Crippen molar-refractivity contribution in [2.45, 2.75) is 51.4 Å². The Morgan fingerprint density at radius 2 is 1.77 bits per heavy atom. The highest BCUT2D eigenvalue weighted by Crippen LogP contribution is 2.45. The summed E-state index contributed by atoms with van der Waals surface area (Å²) in [6.45, 7) is 7.97. The predicted octanol–water partition coefficient (Wildman–Crippen LogP) is 4.32. The van der Waals surface area contributed by atoms with Gasteiger partial charge in [-0.15, -0.1) is 0 Å². The van der Waals surface area contributed by atoms with E-state index < -0.39 is 28.9 Å². The fourth-order valence-corrected chi connectivity index (χ4v) is 6.29. The molecule has 35 heavy (non-hydrogen) atoms. The van der Waals surface area contributed by atoms with Crippen LogP contribution in [0.1, 0.15) is 44.5 Å². The van der Waals surface area contributed by atoms with Gasteiger partial charge in [0.15, 0.2) is 0 Å². The van der Waals surface area contributed by atoms with E-state index in [9.17, 15) is 18.3 Å². The van der Waals surface area contributed by atoms with Crippen LogP contribution in [0, 0.1) is 5.82 Å². The zero-order chi connectivity index (χ0) is 25.2. The Morgan fingerprint density at radius 1 is 1.11 bits per heavy atom. The van der Waals surface area contributed by atoms with Gasteiger partial charge in [-0.2, -0.15) is 10.6 Å². The van der Waals surface area contributed by atoms with Gasteiger partial charge in [0.2, 0.25) is 0 Å². The zero-order valence-electron chi connectivity index (χ0n) is 20.2. The van der Waals surface area contributed by atoms with Crippen LogP contribution in [0.2, 0.25) is 0 Å². The Kier molecular flexibility index (Phi) is 5.80. The monoisotopic (exact) mass is 500 g/mol. The minimum Gasteiger partial charge on any atom is -0.399 e. The molecule has 3 N–H and O–H groups in total. The van der Waals surface area contributed by atoms with Crippen LogP contribution in [0.4, 0.5) is 4.39 Å². The molecule has 2 aliphatic rings. The number of carbonyl (C=O) groups excluding carboxylic acids is 1. The fraction of sp³-hybridized carbons (Fsp3) is 0.400. The number of hydrogen-bond donors (Lipinski definition) is 3. The number of halogens is 1. The van der Waals surface area contributed by atoms with Gasteiger partial charge in [-0.1, -0.05) is 6.07 Å². The summed E-state index contributed by atoms with van der Waals surface area (Å²) in [7, 11) is -3.21. The number of carbonyl (C=O) groups is 1. The summed E-state index contributed by atoms with van der Waals surface area (Å²) < 4.78 is 47.9. The summed E-state index contributed by atoms with van der Waals surface area (Å²) in [5.41, 5.74) is 1.73. The van der Waals surface area contributed by atoms with Crippen molar-refractivity contribution in [2.75, 3.05) is 11.5 Å². The summed E-state index contributed by atoms with van der Waals surface area (Å²) in [5.74, 6) is -0.127. The van der Waals surface area contributed by atoms with Crippen molar-refractivity contribution < 1.29 is 27.6 Å². The molecule has 7 nitrogen and oxygen atoms in total. The smallest absolute Gasteiger partial charge is 0.399 e. The maximum absolute atomic E-state index is 13.6. The van der Waals surface area contributed by atoms with Gasteiger partial charge in [-0.05, 0) is 75.9 Å². The molecule has 2 fully saturated rings. The van der Waals surface area contributed by atoms with Crippen molar-refractivity contribution in [2.24, 2.45) is 0 Å². The van der Waals surface area contributed by atoms with Crippen molar-refractivity contribution in [3.05, 3.63) is 60.0 Å². The first-order valence-corrected chi connectivity index (χ1v) is 13.5. The molecule has 0 aliphatic carbocycles. The predicted molar refractivity (Wildman–Crippen MR) is 137 cm³/mol. The number of rotatable bonds is 4. The van der Waals surface area contributed by atoms with E-state index in [0.29, 0.717) is 17.7 Å². The van der Waals surface area contributed by atoms with Crippen molar-refractivity contribution in [1.29, 1.82) is 0 Å². The van der Waals surface area contributed by atoms with Crippen LogP contribution in [0.15, 0.2) is 48.7 Å². The number of benzene rings is 2. The summed E-state index contributed by atoms with van der Waals surface area (Å²) in [5, 5.41) is 3.78. The highest BCUT2D eigenvalue weighted by atomic mass is 32.3. The van der Waals surface area contributed by atoms with Crippen LogP contribution in [-0.4, -0.2) is 55.4 Å². The molecule has 0 radical (unpaired) electrons. The van der Waals surface area contributed by atoms with Gasteiger partial charge < -0.3 is 19.2 Å². The lowest BCUT2D eigenvalue weighted by atomic mass is 9.79. The molecule has 2 aliphatic heterocycles. The third-order valence-electron chi connectivity index (χ3n) is 7.31. The molecule has 3 heterocycles. The molecule has 2 saturated heterocycles. The van der Waals surface area contributed by atoms with E-state index in [0.717, 1.165) is 22.1 Å². The van der Waals surface area contributed by atoms with Crippen molar-refractivity contribution in [1.82, 2.24) is 9.88 Å². The van der Waals surface area contributed by atoms with E-state index in [-0.39, 0.29) is 23.5 Å². The van der Waals surface area contributed by atoms with Gasteiger partial charge in [-0.3, -0.25) is 13.9 Å². The average Bonchev–Trinajstić information content (AvgIpc) is 3.38. The molecular formula is C25H30BFN2O5S. The lowest BCUT2D eigenvalue weighted by Gasteiger charge is -2.32. The van der Waals surface area contributed by atoms with Crippen molar-refractivity contribution >= 4 is 40.0 Å². The van der Waals surface area contributed by atoms with E-state index >= 15 is 0 Å². The summed E-state index contributed by atoms with van der Waals surface area (Å²) in [6, 6.07) is 11.3. The lowest BCUT2D eigenvalue weighted by Crippen LogP contribution is -2.41. The summed E-state index contributed by atoms with van der Waals surface area (Å²) in [6.07, 6.45) is 2.45. The van der Waals surface area contributed by atoms with E-state index in [2.05, 4.69) is 5.32 Å². The first kappa shape index (κ1) is 24.3. The van der Waals surface area contributed by atoms with Crippen LogP contribution >= 0.6 is 10.6 Å². The Labute approximate surface area is 206 Å². The molecule has 1 unspecified atom stereocenters. The molecule has 2 aromatic carbocycles. The largest absolute Gasteiger partial charge is 0.497 e. The van der Waals surface area contributed by atoms with Crippen LogP contribution in [0.3, 0.4) is 0 Å². The van der Waals surface area contributed by atoms with E-state index in [4.69, 9.17) is 9.31 Å². The third kappa shape index (κ3) is 4.49. The third-order valence-corrected chi connectivity index (χ3v) is 9.13. The average molecular weight is 500 g/mol. The van der Waals surface area contributed by atoms with Crippen LogP contribution in [0.25, 0.3) is 16.6 Å². The number of hydrogen-bond acceptors (Lipinski definition) is 5. The summed E-state index contributed by atoms with van der Waals surface area (Å²) >= 11 is 0. The van der Waals surface area contributed by atoms with Gasteiger partial charge in [0.05, 0.1) is 22.5 Å². The quantitative estimate of drug-likeness (QED) is 0.464. The number of nitrogens with zero attached hydrogens (tertiary/aromatic N) is 1. The molecular weight excluding hydrogens is 470 g/mol. The van der Waals surface area contributed by atoms with Crippen molar-refractivity contribution in [3.63, 3.8) is 0 Å². The molecule has 5 rings (SSSR count). The normalized spacial score (nSPS) is 23.5. The molecule has 10 heteroatoms. The van der Waals surface area contributed by atoms with Crippen LogP contribution in [0.5, 0.6) is 0 Å². The second-order valence-corrected chi connectivity index (χ2v) is 12.7. The molecule has 0 spiro atoms. The molecule has 0 bridgehead atoms. The minimum absolute atomic E-state index is 0.180. The van der Waals surface area contributed by atoms with E-state index in [1.807, 2.05) is 44.5 Å². The second kappa shape index (κ2) is 8.35. The first-order valence-electron chi connectivity index (χ1n) is 11.7. The molecule has 0 saturated carbocycles. The Morgan fingerprint density at radius 3 is 2.37 bits per heavy atom. The lowest BCUT2D eigenvalue weighted by molar-refractivity contribution is 0.00578. The van der Waals surface area contributed by atoms with Crippen LogP contribution in [-0.2, 0) is 9.31 Å². The molecule has 1 aromatic heterocycles. The summed E-state index contributed by atoms with van der Waals surface area (Å²) in [4.78, 5) is 13.0. The Balaban J connectivity index is 1.55. The van der Waals surface area contributed by atoms with Gasteiger partial charge in [-0.25, -0.2) is 4.39 Å². The van der Waals surface area contributed by atoms with Crippen LogP contribution < -0.4 is 10.8 Å². The second-order valence-electron chi connectivity index (χ2n) is 10.4. The fourth-order valence-electron chi connectivity index (χ4n) is 4.57. The number of nitrogens with one attached hydrogen (secondary N) is 1. The Bertz CT molecular complexity index is 1270. The Hall–Kier alpha value is -2.37. The molecule has 1 atom stereocenters. The van der Waals surface area contributed by atoms with E-state index in [1.165, 1.54) is 12.1 Å². The molecule has 3 aromatic rings. The van der Waals surface area contributed by atoms with Gasteiger partial charge in [0.1, 0.15) is 5.82 Å². The zero-order valence-corrected chi connectivity index (χ0v) is 21.1. The highest BCUT2D eigenvalue weighted by molar-refractivity contribution is 8.24. The molecule has 1 amide bonds. The highest BCUT2D eigenvalue weighted by Gasteiger charge is 2.52. The first-order chi connectivity index (χ1) is 16.4. The van der Waals surface area contributed by atoms with Gasteiger partial charge in [0.25, 0.3) is 5.91 Å². The van der Waals surface area contributed by atoms with Crippen molar-refractivity contribution in [3.8, 4) is 5.69 Å². The van der Waals surface area contributed by atoms with E-state index in [1.54, 1.807) is 24.3 Å². The maximum atomic E-state index is 13.6. The number of aromatic nitrogens is 1. The topological polar surface area (TPSA) is 93.0 Å². The standard InChI is InChI=1S/C25H30BFN2O5S/c1-24(2)25(3,4)34-26(33-24)21-14-29(19-8-6-17(27)7-9-19)22-13-16(5-10-20(21)22)23(30)28-18-11-12-35(31,32)15-18/h5-10,13-14,18,31-32H,11-12,15H2,1-4H3,(H,28,30).